The zero-order chi connectivity index (χ0) is 18.6. The van der Waals surface area contributed by atoms with E-state index in [1.165, 1.54) is 37.9 Å². The van der Waals surface area contributed by atoms with Gasteiger partial charge in [-0.3, -0.25) is 4.99 Å². The number of methoxy groups -OCH3 is 1. The van der Waals surface area contributed by atoms with Crippen molar-refractivity contribution in [1.82, 2.24) is 15.5 Å². The average Bonchev–Trinajstić information content (AvgIpc) is 2.66. The molecule has 26 heavy (non-hydrogen) atoms. The fraction of sp³-hybridized carbons (Fsp3) is 0.650. The zero-order valence-corrected chi connectivity index (χ0v) is 16.5. The number of benzene rings is 1. The highest BCUT2D eigenvalue weighted by Crippen LogP contribution is 2.20. The second kappa shape index (κ2) is 11.8. The minimum absolute atomic E-state index is 0.551. The van der Waals surface area contributed by atoms with Crippen LogP contribution in [0.1, 0.15) is 30.4 Å². The van der Waals surface area contributed by atoms with Gasteiger partial charge in [0, 0.05) is 39.4 Å². The van der Waals surface area contributed by atoms with Crippen LogP contribution in [0.3, 0.4) is 0 Å². The predicted octanol–water partition coefficient (Wildman–Crippen LogP) is 2.17. The summed E-state index contributed by atoms with van der Waals surface area (Å²) in [6.07, 6.45) is 4.02. The quantitative estimate of drug-likeness (QED) is 0.401. The van der Waals surface area contributed by atoms with Crippen molar-refractivity contribution in [2.45, 2.75) is 32.7 Å². The minimum atomic E-state index is 0.551. The van der Waals surface area contributed by atoms with Gasteiger partial charge in [-0.2, -0.15) is 0 Å². The summed E-state index contributed by atoms with van der Waals surface area (Å²) in [5.74, 6) is 1.73. The van der Waals surface area contributed by atoms with Gasteiger partial charge in [-0.15, -0.1) is 0 Å². The molecule has 6 nitrogen and oxygen atoms in total. The molecule has 1 aliphatic heterocycles. The maximum atomic E-state index is 5.85. The first-order valence-electron chi connectivity index (χ1n) is 9.61. The highest BCUT2D eigenvalue weighted by atomic mass is 16.5. The Balaban J connectivity index is 1.79. The van der Waals surface area contributed by atoms with Gasteiger partial charge in [0.2, 0.25) is 0 Å². The van der Waals surface area contributed by atoms with Gasteiger partial charge in [0.1, 0.15) is 12.4 Å². The second-order valence-electron chi connectivity index (χ2n) is 6.71. The number of guanidine groups is 1. The number of likely N-dealkylation sites (tertiary alicyclic amines) is 1. The van der Waals surface area contributed by atoms with Crippen molar-refractivity contribution in [3.8, 4) is 5.75 Å². The van der Waals surface area contributed by atoms with Crippen LogP contribution < -0.4 is 15.4 Å². The molecular weight excluding hydrogens is 328 g/mol. The Kier molecular flexibility index (Phi) is 9.28. The Morgan fingerprint density at radius 2 is 1.96 bits per heavy atom. The van der Waals surface area contributed by atoms with Crippen LogP contribution in [0.2, 0.25) is 0 Å². The molecule has 0 radical (unpaired) electrons. The number of hydrogen-bond donors (Lipinski definition) is 2. The summed E-state index contributed by atoms with van der Waals surface area (Å²) in [6.45, 7) is 8.30. The first-order valence-corrected chi connectivity index (χ1v) is 9.61. The molecule has 0 aliphatic carbocycles. The van der Waals surface area contributed by atoms with Gasteiger partial charge in [0.15, 0.2) is 5.96 Å². The molecule has 1 aliphatic rings. The second-order valence-corrected chi connectivity index (χ2v) is 6.71. The number of ether oxygens (including phenoxy) is 2. The third-order valence-corrected chi connectivity index (χ3v) is 4.61. The molecule has 0 aromatic heterocycles. The first kappa shape index (κ1) is 20.5. The molecule has 0 bridgehead atoms. The summed E-state index contributed by atoms with van der Waals surface area (Å²) in [7, 11) is 3.49. The fourth-order valence-electron chi connectivity index (χ4n) is 3.09. The van der Waals surface area contributed by atoms with E-state index in [1.54, 1.807) is 14.2 Å². The highest BCUT2D eigenvalue weighted by molar-refractivity contribution is 5.79. The van der Waals surface area contributed by atoms with E-state index in [-0.39, 0.29) is 0 Å². The molecule has 6 heteroatoms. The molecule has 0 atom stereocenters. The van der Waals surface area contributed by atoms with Crippen LogP contribution in [0.15, 0.2) is 23.2 Å². The molecule has 1 aromatic carbocycles. The normalized spacial score (nSPS) is 15.7. The van der Waals surface area contributed by atoms with Crippen molar-refractivity contribution in [3.63, 3.8) is 0 Å². The van der Waals surface area contributed by atoms with Gasteiger partial charge >= 0.3 is 0 Å². The van der Waals surface area contributed by atoms with Crippen molar-refractivity contribution in [2.75, 3.05) is 53.6 Å². The van der Waals surface area contributed by atoms with Crippen LogP contribution in [0.5, 0.6) is 5.75 Å². The Labute approximate surface area is 158 Å². The Morgan fingerprint density at radius 1 is 1.15 bits per heavy atom. The molecule has 2 rings (SSSR count). The summed E-state index contributed by atoms with van der Waals surface area (Å²) in [6, 6.07) is 6.28. The van der Waals surface area contributed by atoms with E-state index >= 15 is 0 Å². The van der Waals surface area contributed by atoms with Gasteiger partial charge < -0.3 is 25.0 Å². The third kappa shape index (κ3) is 7.22. The number of aryl methyl sites for hydroxylation is 1. The minimum Gasteiger partial charge on any atom is -0.491 e. The summed E-state index contributed by atoms with van der Waals surface area (Å²) in [5.41, 5.74) is 2.30. The molecule has 0 saturated carbocycles. The lowest BCUT2D eigenvalue weighted by Crippen LogP contribution is -2.42. The number of aliphatic imine (C=N–C) groups is 1. The lowest BCUT2D eigenvalue weighted by atomic mass is 10.1. The fourth-order valence-corrected chi connectivity index (χ4v) is 3.09. The Hall–Kier alpha value is -1.79. The monoisotopic (exact) mass is 362 g/mol. The molecule has 2 N–H and O–H groups in total. The molecule has 146 valence electrons. The van der Waals surface area contributed by atoms with Crippen LogP contribution in [-0.4, -0.2) is 64.4 Å². The van der Waals surface area contributed by atoms with E-state index in [9.17, 15) is 0 Å². The summed E-state index contributed by atoms with van der Waals surface area (Å²) in [4.78, 5) is 6.84. The topological polar surface area (TPSA) is 58.1 Å². The summed E-state index contributed by atoms with van der Waals surface area (Å²) in [5, 5.41) is 6.79. The lowest BCUT2D eigenvalue weighted by Gasteiger charge is -2.26. The maximum absolute atomic E-state index is 5.85. The molecule has 1 fully saturated rings. The van der Waals surface area contributed by atoms with Crippen molar-refractivity contribution >= 4 is 5.96 Å². The van der Waals surface area contributed by atoms with E-state index < -0.39 is 0 Å². The van der Waals surface area contributed by atoms with Crippen molar-refractivity contribution < 1.29 is 9.47 Å². The van der Waals surface area contributed by atoms with Gasteiger partial charge in [0.05, 0.1) is 6.61 Å². The first-order chi connectivity index (χ1) is 12.7. The summed E-state index contributed by atoms with van der Waals surface area (Å²) < 4.78 is 10.9. The van der Waals surface area contributed by atoms with E-state index in [0.29, 0.717) is 19.8 Å². The number of nitrogens with one attached hydrogen (secondary N) is 2. The Morgan fingerprint density at radius 3 is 2.69 bits per heavy atom. The molecule has 1 heterocycles. The van der Waals surface area contributed by atoms with Gasteiger partial charge in [-0.05, 0) is 44.5 Å². The molecule has 0 unspecified atom stereocenters. The van der Waals surface area contributed by atoms with E-state index in [4.69, 9.17) is 9.47 Å². The van der Waals surface area contributed by atoms with Crippen molar-refractivity contribution in [1.29, 1.82) is 0 Å². The Bertz CT molecular complexity index is 557. The number of nitrogens with zero attached hydrogens (tertiary/aromatic N) is 2. The van der Waals surface area contributed by atoms with Gasteiger partial charge in [-0.25, -0.2) is 0 Å². The number of hydrogen-bond acceptors (Lipinski definition) is 4. The third-order valence-electron chi connectivity index (χ3n) is 4.61. The zero-order valence-electron chi connectivity index (χ0n) is 16.5. The number of piperidine rings is 1. The van der Waals surface area contributed by atoms with Crippen LogP contribution in [0.4, 0.5) is 0 Å². The van der Waals surface area contributed by atoms with Gasteiger partial charge in [0.25, 0.3) is 0 Å². The molecular formula is C20H34N4O2. The molecule has 1 saturated heterocycles. The van der Waals surface area contributed by atoms with Gasteiger partial charge in [-0.1, -0.05) is 18.6 Å². The predicted molar refractivity (Wildman–Crippen MR) is 107 cm³/mol. The van der Waals surface area contributed by atoms with E-state index in [0.717, 1.165) is 30.4 Å². The van der Waals surface area contributed by atoms with Crippen molar-refractivity contribution in [3.05, 3.63) is 29.3 Å². The van der Waals surface area contributed by atoms with Crippen LogP contribution in [0.25, 0.3) is 0 Å². The van der Waals surface area contributed by atoms with E-state index in [2.05, 4.69) is 45.6 Å². The molecule has 0 amide bonds. The van der Waals surface area contributed by atoms with Crippen LogP contribution in [0, 0.1) is 6.92 Å². The van der Waals surface area contributed by atoms with Crippen LogP contribution in [-0.2, 0) is 11.3 Å². The lowest BCUT2D eigenvalue weighted by molar-refractivity contribution is 0.145. The number of rotatable bonds is 9. The smallest absolute Gasteiger partial charge is 0.191 e. The molecule has 1 aromatic rings. The maximum Gasteiger partial charge on any atom is 0.191 e. The average molecular weight is 363 g/mol. The van der Waals surface area contributed by atoms with Crippen molar-refractivity contribution in [2.24, 2.45) is 4.99 Å². The van der Waals surface area contributed by atoms with Crippen LogP contribution >= 0.6 is 0 Å². The summed E-state index contributed by atoms with van der Waals surface area (Å²) >= 11 is 0. The molecule has 0 spiro atoms. The standard InChI is InChI=1S/C20H34N4O2/c1-17-7-8-18(19(15-17)26-14-13-25-3)16-23-20(21-2)22-9-12-24-10-5-4-6-11-24/h7-8,15H,4-6,9-14,16H2,1-3H3,(H2,21,22,23). The SMILES string of the molecule is CN=C(NCCN1CCCCC1)NCc1ccc(C)cc1OCCOC. The largest absolute Gasteiger partial charge is 0.491 e. The van der Waals surface area contributed by atoms with E-state index in [1.807, 2.05) is 0 Å². The highest BCUT2D eigenvalue weighted by Gasteiger charge is 2.10.